The Bertz CT molecular complexity index is 424. The van der Waals surface area contributed by atoms with Crippen LogP contribution < -0.4 is 15.4 Å². The van der Waals surface area contributed by atoms with Gasteiger partial charge in [-0.05, 0) is 38.0 Å². The van der Waals surface area contributed by atoms with Gasteiger partial charge in [-0.2, -0.15) is 0 Å². The maximum atomic E-state index is 11.4. The number of amides is 2. The molecule has 2 amide bonds. The summed E-state index contributed by atoms with van der Waals surface area (Å²) in [6.07, 6.45) is 0.906. The first-order valence-electron chi connectivity index (χ1n) is 6.46. The van der Waals surface area contributed by atoms with Gasteiger partial charge in [0, 0.05) is 6.04 Å². The van der Waals surface area contributed by atoms with E-state index in [1.165, 1.54) is 0 Å². The Balaban J connectivity index is 2.27. The van der Waals surface area contributed by atoms with E-state index in [0.717, 1.165) is 12.0 Å². The van der Waals surface area contributed by atoms with Crippen LogP contribution in [0, 0.1) is 6.92 Å². The first kappa shape index (κ1) is 15.6. The summed E-state index contributed by atoms with van der Waals surface area (Å²) in [5.74, 6) is 0.644. The van der Waals surface area contributed by atoms with E-state index in [0.29, 0.717) is 23.9 Å². The number of hydrogen-bond donors (Lipinski definition) is 2. The highest BCUT2D eigenvalue weighted by atomic mass is 35.5. The molecule has 1 unspecified atom stereocenters. The molecule has 1 aromatic rings. The van der Waals surface area contributed by atoms with Crippen molar-refractivity contribution in [1.82, 2.24) is 10.6 Å². The van der Waals surface area contributed by atoms with Crippen LogP contribution in [-0.4, -0.2) is 25.2 Å². The second kappa shape index (κ2) is 7.89. The van der Waals surface area contributed by atoms with Gasteiger partial charge in [-0.3, -0.25) is 0 Å². The molecule has 2 N–H and O–H groups in total. The lowest BCUT2D eigenvalue weighted by atomic mass is 10.2. The molecule has 4 nitrogen and oxygen atoms in total. The third kappa shape index (κ3) is 5.83. The summed E-state index contributed by atoms with van der Waals surface area (Å²) in [4.78, 5) is 11.4. The fourth-order valence-corrected chi connectivity index (χ4v) is 1.60. The largest absolute Gasteiger partial charge is 0.490 e. The zero-order valence-corrected chi connectivity index (χ0v) is 12.4. The van der Waals surface area contributed by atoms with Gasteiger partial charge in [-0.1, -0.05) is 24.6 Å². The fraction of sp³-hybridized carbons (Fsp3) is 0.500. The van der Waals surface area contributed by atoms with Crippen molar-refractivity contribution in [3.05, 3.63) is 28.8 Å². The molecule has 0 radical (unpaired) electrons. The smallest absolute Gasteiger partial charge is 0.315 e. The van der Waals surface area contributed by atoms with Crippen molar-refractivity contribution in [3.8, 4) is 5.75 Å². The lowest BCUT2D eigenvalue weighted by Crippen LogP contribution is -2.41. The molecule has 0 aliphatic carbocycles. The van der Waals surface area contributed by atoms with Gasteiger partial charge in [0.05, 0.1) is 11.6 Å². The molecule has 0 saturated carbocycles. The summed E-state index contributed by atoms with van der Waals surface area (Å²) in [7, 11) is 0. The van der Waals surface area contributed by atoms with Gasteiger partial charge in [0.15, 0.2) is 0 Å². The van der Waals surface area contributed by atoms with E-state index in [4.69, 9.17) is 16.3 Å². The predicted octanol–water partition coefficient (Wildman–Crippen LogP) is 3.12. The number of aryl methyl sites for hydroxylation is 1. The Hall–Kier alpha value is -1.42. The topological polar surface area (TPSA) is 50.4 Å². The normalized spacial score (nSPS) is 11.8. The summed E-state index contributed by atoms with van der Waals surface area (Å²) < 4.78 is 5.52. The molecule has 0 aliphatic heterocycles. The molecule has 0 aliphatic rings. The molecule has 0 bridgehead atoms. The minimum Gasteiger partial charge on any atom is -0.490 e. The highest BCUT2D eigenvalue weighted by Gasteiger charge is 2.05. The van der Waals surface area contributed by atoms with E-state index in [1.54, 1.807) is 6.07 Å². The van der Waals surface area contributed by atoms with Crippen LogP contribution in [0.3, 0.4) is 0 Å². The number of nitrogens with one attached hydrogen (secondary N) is 2. The van der Waals surface area contributed by atoms with Crippen molar-refractivity contribution < 1.29 is 9.53 Å². The van der Waals surface area contributed by atoms with Crippen molar-refractivity contribution in [2.24, 2.45) is 0 Å². The Labute approximate surface area is 119 Å². The minimum absolute atomic E-state index is 0.173. The highest BCUT2D eigenvalue weighted by Crippen LogP contribution is 2.24. The number of carbonyl (C=O) groups is 1. The van der Waals surface area contributed by atoms with Crippen molar-refractivity contribution in [2.45, 2.75) is 33.2 Å². The molecule has 0 heterocycles. The van der Waals surface area contributed by atoms with Gasteiger partial charge in [0.1, 0.15) is 12.4 Å². The Kier molecular flexibility index (Phi) is 6.50. The minimum atomic E-state index is -0.173. The second-order valence-corrected chi connectivity index (χ2v) is 4.90. The zero-order valence-electron chi connectivity index (χ0n) is 11.6. The van der Waals surface area contributed by atoms with E-state index in [9.17, 15) is 4.79 Å². The van der Waals surface area contributed by atoms with Gasteiger partial charge in [0.25, 0.3) is 0 Å². The average molecular weight is 285 g/mol. The number of hydrogen-bond acceptors (Lipinski definition) is 2. The molecular formula is C14H21ClN2O2. The van der Waals surface area contributed by atoms with Gasteiger partial charge in [-0.25, -0.2) is 4.79 Å². The summed E-state index contributed by atoms with van der Waals surface area (Å²) in [6.45, 7) is 6.78. The number of ether oxygens (including phenoxy) is 1. The summed E-state index contributed by atoms with van der Waals surface area (Å²) in [5, 5.41) is 6.13. The van der Waals surface area contributed by atoms with Crippen LogP contribution in [0.4, 0.5) is 4.79 Å². The lowest BCUT2D eigenvalue weighted by molar-refractivity contribution is 0.233. The molecule has 106 valence electrons. The van der Waals surface area contributed by atoms with E-state index in [-0.39, 0.29) is 12.1 Å². The molecular weight excluding hydrogens is 264 g/mol. The molecule has 0 fully saturated rings. The molecule has 1 aromatic carbocycles. The monoisotopic (exact) mass is 284 g/mol. The number of urea groups is 1. The molecule has 1 rings (SSSR count). The average Bonchev–Trinajstić information content (AvgIpc) is 2.38. The van der Waals surface area contributed by atoms with Gasteiger partial charge < -0.3 is 15.4 Å². The van der Waals surface area contributed by atoms with Crippen LogP contribution in [0.1, 0.15) is 25.8 Å². The Morgan fingerprint density at radius 2 is 2.21 bits per heavy atom. The number of rotatable bonds is 6. The lowest BCUT2D eigenvalue weighted by Gasteiger charge is -2.13. The van der Waals surface area contributed by atoms with E-state index in [1.807, 2.05) is 32.9 Å². The summed E-state index contributed by atoms with van der Waals surface area (Å²) >= 11 is 6.00. The van der Waals surface area contributed by atoms with Crippen LogP contribution in [0.2, 0.25) is 5.02 Å². The first-order chi connectivity index (χ1) is 9.02. The maximum absolute atomic E-state index is 11.4. The number of benzene rings is 1. The van der Waals surface area contributed by atoms with E-state index >= 15 is 0 Å². The van der Waals surface area contributed by atoms with Crippen molar-refractivity contribution in [3.63, 3.8) is 0 Å². The van der Waals surface area contributed by atoms with Crippen molar-refractivity contribution in [1.29, 1.82) is 0 Å². The quantitative estimate of drug-likeness (QED) is 0.789. The SMILES string of the molecule is CCC(C)NC(=O)NCCOc1cc(C)ccc1Cl. The fourth-order valence-electron chi connectivity index (χ4n) is 1.42. The first-order valence-corrected chi connectivity index (χ1v) is 6.84. The van der Waals surface area contributed by atoms with E-state index < -0.39 is 0 Å². The third-order valence-electron chi connectivity index (χ3n) is 2.72. The second-order valence-electron chi connectivity index (χ2n) is 4.49. The van der Waals surface area contributed by atoms with Crippen LogP contribution >= 0.6 is 11.6 Å². The molecule has 19 heavy (non-hydrogen) atoms. The summed E-state index contributed by atoms with van der Waals surface area (Å²) in [6, 6.07) is 5.60. The van der Waals surface area contributed by atoms with Gasteiger partial charge in [-0.15, -0.1) is 0 Å². The van der Waals surface area contributed by atoms with Crippen molar-refractivity contribution in [2.75, 3.05) is 13.2 Å². The summed E-state index contributed by atoms with van der Waals surface area (Å²) in [5.41, 5.74) is 1.09. The van der Waals surface area contributed by atoms with E-state index in [2.05, 4.69) is 10.6 Å². The van der Waals surface area contributed by atoms with Crippen LogP contribution in [0.15, 0.2) is 18.2 Å². The highest BCUT2D eigenvalue weighted by molar-refractivity contribution is 6.32. The zero-order chi connectivity index (χ0) is 14.3. The maximum Gasteiger partial charge on any atom is 0.315 e. The standard InChI is InChI=1S/C14H21ClN2O2/c1-4-11(3)17-14(18)16-7-8-19-13-9-10(2)5-6-12(13)15/h5-6,9,11H,4,7-8H2,1-3H3,(H2,16,17,18). The number of halogens is 1. The predicted molar refractivity (Wildman–Crippen MR) is 78.0 cm³/mol. The van der Waals surface area contributed by atoms with Crippen molar-refractivity contribution >= 4 is 17.6 Å². The molecule has 1 atom stereocenters. The Morgan fingerprint density at radius 1 is 1.47 bits per heavy atom. The van der Waals surface area contributed by atoms with Crippen LogP contribution in [0.5, 0.6) is 5.75 Å². The Morgan fingerprint density at radius 3 is 2.89 bits per heavy atom. The third-order valence-corrected chi connectivity index (χ3v) is 3.03. The van der Waals surface area contributed by atoms with Crippen LogP contribution in [-0.2, 0) is 0 Å². The molecule has 0 aromatic heterocycles. The van der Waals surface area contributed by atoms with Gasteiger partial charge in [0.2, 0.25) is 0 Å². The molecule has 0 saturated heterocycles. The molecule has 0 spiro atoms. The van der Waals surface area contributed by atoms with Crippen LogP contribution in [0.25, 0.3) is 0 Å². The van der Waals surface area contributed by atoms with Gasteiger partial charge >= 0.3 is 6.03 Å². The number of carbonyl (C=O) groups excluding carboxylic acids is 1. The molecule has 5 heteroatoms.